The van der Waals surface area contributed by atoms with Crippen molar-refractivity contribution in [2.45, 2.75) is 34.2 Å². The van der Waals surface area contributed by atoms with E-state index in [4.69, 9.17) is 9.47 Å². The minimum absolute atomic E-state index is 0.169. The molecule has 0 saturated heterocycles. The van der Waals surface area contributed by atoms with Crippen molar-refractivity contribution in [1.82, 2.24) is 9.55 Å². The fraction of sp³-hybridized carbons (Fsp3) is 0.381. The number of carbonyl (C=O) groups is 1. The molecule has 0 radical (unpaired) electrons. The van der Waals surface area contributed by atoms with Crippen LogP contribution in [0.3, 0.4) is 0 Å². The zero-order valence-electron chi connectivity index (χ0n) is 16.6. The summed E-state index contributed by atoms with van der Waals surface area (Å²) in [7, 11) is 0. The summed E-state index contributed by atoms with van der Waals surface area (Å²) in [6, 6.07) is 6.16. The molecule has 0 aliphatic heterocycles. The molecule has 2 heterocycles. The van der Waals surface area contributed by atoms with Crippen LogP contribution < -0.4 is 5.56 Å². The van der Waals surface area contributed by atoms with E-state index >= 15 is 0 Å². The van der Waals surface area contributed by atoms with Crippen LogP contribution in [0, 0.1) is 20.8 Å². The topological polar surface area (TPSA) is 70.4 Å². The van der Waals surface area contributed by atoms with Crippen LogP contribution in [0.25, 0.3) is 21.3 Å². The molecule has 0 bridgehead atoms. The van der Waals surface area contributed by atoms with Gasteiger partial charge in [-0.3, -0.25) is 14.2 Å². The molecule has 0 saturated carbocycles. The molecule has 0 N–H and O–H groups in total. The van der Waals surface area contributed by atoms with Gasteiger partial charge in [0.15, 0.2) is 0 Å². The highest BCUT2D eigenvalue weighted by molar-refractivity contribution is 7.19. The average molecular weight is 401 g/mol. The molecule has 0 unspecified atom stereocenters. The molecule has 7 heteroatoms. The Hall–Kier alpha value is -2.51. The van der Waals surface area contributed by atoms with E-state index in [0.29, 0.717) is 23.4 Å². The second kappa shape index (κ2) is 8.67. The summed E-state index contributed by atoms with van der Waals surface area (Å²) < 4.78 is 11.6. The van der Waals surface area contributed by atoms with Crippen LogP contribution in [-0.2, 0) is 20.8 Å². The van der Waals surface area contributed by atoms with Gasteiger partial charge in [0, 0.05) is 17.0 Å². The van der Waals surface area contributed by atoms with Gasteiger partial charge in [-0.1, -0.05) is 18.2 Å². The van der Waals surface area contributed by atoms with Crippen molar-refractivity contribution in [3.63, 3.8) is 0 Å². The Labute approximate surface area is 167 Å². The first-order chi connectivity index (χ1) is 13.4. The summed E-state index contributed by atoms with van der Waals surface area (Å²) in [5.41, 5.74) is 4.01. The molecule has 148 valence electrons. The third-order valence-corrected chi connectivity index (χ3v) is 5.66. The highest BCUT2D eigenvalue weighted by Gasteiger charge is 2.18. The summed E-state index contributed by atoms with van der Waals surface area (Å²) in [6.07, 6.45) is 1.41. The summed E-state index contributed by atoms with van der Waals surface area (Å²) in [5, 5.41) is 0.551. The van der Waals surface area contributed by atoms with E-state index in [9.17, 15) is 9.59 Å². The van der Waals surface area contributed by atoms with Gasteiger partial charge in [-0.25, -0.2) is 4.98 Å². The lowest BCUT2D eigenvalue weighted by molar-refractivity contribution is -0.145. The third-order valence-electron chi connectivity index (χ3n) is 4.64. The van der Waals surface area contributed by atoms with Gasteiger partial charge >= 0.3 is 5.97 Å². The lowest BCUT2D eigenvalue weighted by Crippen LogP contribution is -2.26. The first-order valence-electron chi connectivity index (χ1n) is 9.22. The summed E-state index contributed by atoms with van der Waals surface area (Å²) in [4.78, 5) is 31.2. The zero-order valence-corrected chi connectivity index (χ0v) is 17.4. The lowest BCUT2D eigenvalue weighted by atomic mass is 9.99. The molecule has 6 nitrogen and oxygen atoms in total. The van der Waals surface area contributed by atoms with Crippen molar-refractivity contribution in [2.24, 2.45) is 0 Å². The summed E-state index contributed by atoms with van der Waals surface area (Å²) in [6.45, 7) is 8.88. The highest BCUT2D eigenvalue weighted by atomic mass is 32.1. The molecule has 0 atom stereocenters. The molecular weight excluding hydrogens is 376 g/mol. The van der Waals surface area contributed by atoms with Crippen molar-refractivity contribution >= 4 is 27.5 Å². The number of nitrogens with zero attached hydrogens (tertiary/aromatic N) is 2. The fourth-order valence-corrected chi connectivity index (χ4v) is 4.04. The monoisotopic (exact) mass is 400 g/mol. The highest BCUT2D eigenvalue weighted by Crippen LogP contribution is 2.36. The molecule has 0 spiro atoms. The van der Waals surface area contributed by atoms with E-state index < -0.39 is 5.97 Å². The first kappa shape index (κ1) is 20.2. The Morgan fingerprint density at radius 2 is 1.96 bits per heavy atom. The van der Waals surface area contributed by atoms with E-state index in [1.54, 1.807) is 0 Å². The maximum absolute atomic E-state index is 13.1. The van der Waals surface area contributed by atoms with Crippen LogP contribution in [-0.4, -0.2) is 35.3 Å². The number of fused-ring (bicyclic) bond motifs is 1. The largest absolute Gasteiger partial charge is 0.462 e. The second-order valence-electron chi connectivity index (χ2n) is 6.61. The van der Waals surface area contributed by atoms with Crippen LogP contribution in [0.1, 0.15) is 22.9 Å². The van der Waals surface area contributed by atoms with Gasteiger partial charge in [0.25, 0.3) is 5.56 Å². The zero-order chi connectivity index (χ0) is 20.3. The number of aromatic nitrogens is 2. The lowest BCUT2D eigenvalue weighted by Gasteiger charge is -2.08. The molecule has 28 heavy (non-hydrogen) atoms. The van der Waals surface area contributed by atoms with Crippen molar-refractivity contribution in [2.75, 3.05) is 19.8 Å². The van der Waals surface area contributed by atoms with E-state index in [0.717, 1.165) is 16.0 Å². The standard InChI is InChI=1S/C21H24N2O4S/c1-5-26-8-9-27-17(24)11-23-12-22-20-19(21(23)25)18(15(4)28-20)16-7-6-13(2)14(3)10-16/h6-7,10,12H,5,8-9,11H2,1-4H3. The number of carbonyl (C=O) groups excluding carboxylic acids is 1. The molecule has 2 aromatic heterocycles. The van der Waals surface area contributed by atoms with Crippen molar-refractivity contribution in [3.8, 4) is 11.1 Å². The van der Waals surface area contributed by atoms with E-state index in [1.165, 1.54) is 33.4 Å². The van der Waals surface area contributed by atoms with Gasteiger partial charge in [0.2, 0.25) is 0 Å². The summed E-state index contributed by atoms with van der Waals surface area (Å²) in [5.74, 6) is -0.484. The number of benzene rings is 1. The number of aryl methyl sites for hydroxylation is 3. The van der Waals surface area contributed by atoms with Gasteiger partial charge in [0.05, 0.1) is 18.3 Å². The van der Waals surface area contributed by atoms with Gasteiger partial charge in [-0.15, -0.1) is 11.3 Å². The average Bonchev–Trinajstić information content (AvgIpc) is 3.00. The maximum atomic E-state index is 13.1. The third kappa shape index (κ3) is 4.15. The molecule has 0 aliphatic carbocycles. The number of hydrogen-bond acceptors (Lipinski definition) is 6. The van der Waals surface area contributed by atoms with Gasteiger partial charge in [-0.2, -0.15) is 0 Å². The molecule has 0 fully saturated rings. The smallest absolute Gasteiger partial charge is 0.326 e. The molecule has 0 aliphatic rings. The Kier molecular flexibility index (Phi) is 6.26. The van der Waals surface area contributed by atoms with Crippen molar-refractivity contribution < 1.29 is 14.3 Å². The number of ether oxygens (including phenoxy) is 2. The van der Waals surface area contributed by atoms with Crippen LogP contribution in [0.2, 0.25) is 0 Å². The van der Waals surface area contributed by atoms with Gasteiger partial charge in [0.1, 0.15) is 18.0 Å². The minimum Gasteiger partial charge on any atom is -0.462 e. The number of thiophene rings is 1. The molecular formula is C21H24N2O4S. The van der Waals surface area contributed by atoms with Crippen LogP contribution in [0.4, 0.5) is 0 Å². The number of esters is 1. The number of rotatable bonds is 7. The maximum Gasteiger partial charge on any atom is 0.326 e. The fourth-order valence-electron chi connectivity index (χ4n) is 3.04. The van der Waals surface area contributed by atoms with Crippen molar-refractivity contribution in [1.29, 1.82) is 0 Å². The Bertz CT molecular complexity index is 1070. The normalized spacial score (nSPS) is 11.1. The van der Waals surface area contributed by atoms with Gasteiger partial charge < -0.3 is 9.47 Å². The Morgan fingerprint density at radius 1 is 1.18 bits per heavy atom. The predicted molar refractivity (Wildman–Crippen MR) is 111 cm³/mol. The van der Waals surface area contributed by atoms with Crippen LogP contribution >= 0.6 is 11.3 Å². The van der Waals surface area contributed by atoms with E-state index in [2.05, 4.69) is 31.0 Å². The van der Waals surface area contributed by atoms with E-state index in [-0.39, 0.29) is 18.7 Å². The SMILES string of the molecule is CCOCCOC(=O)Cn1cnc2sc(C)c(-c3ccc(C)c(C)c3)c2c1=O. The number of hydrogen-bond donors (Lipinski definition) is 0. The predicted octanol–water partition coefficient (Wildman–Crippen LogP) is 3.63. The Balaban J connectivity index is 1.95. The van der Waals surface area contributed by atoms with Gasteiger partial charge in [-0.05, 0) is 44.4 Å². The second-order valence-corrected chi connectivity index (χ2v) is 7.81. The van der Waals surface area contributed by atoms with E-state index in [1.807, 2.05) is 19.9 Å². The summed E-state index contributed by atoms with van der Waals surface area (Å²) >= 11 is 1.49. The Morgan fingerprint density at radius 3 is 2.68 bits per heavy atom. The minimum atomic E-state index is -0.484. The molecule has 3 rings (SSSR count). The molecule has 1 aromatic carbocycles. The molecule has 3 aromatic rings. The first-order valence-corrected chi connectivity index (χ1v) is 10.0. The quantitative estimate of drug-likeness (QED) is 0.447. The van der Waals surface area contributed by atoms with Crippen molar-refractivity contribution in [3.05, 3.63) is 50.9 Å². The molecule has 0 amide bonds. The van der Waals surface area contributed by atoms with Crippen LogP contribution in [0.5, 0.6) is 0 Å². The van der Waals surface area contributed by atoms with Crippen LogP contribution in [0.15, 0.2) is 29.3 Å².